The highest BCUT2D eigenvalue weighted by Gasteiger charge is 2.37. The second-order valence-electron chi connectivity index (χ2n) is 5.58. The van der Waals surface area contributed by atoms with Gasteiger partial charge in [-0.05, 0) is 44.4 Å². The lowest BCUT2D eigenvalue weighted by molar-refractivity contribution is 0.475. The normalized spacial score (nSPS) is 15.8. The third-order valence-electron chi connectivity index (χ3n) is 3.54. The molecular weight excluding hydrogens is 255 g/mol. The lowest BCUT2D eigenvalue weighted by Gasteiger charge is -2.13. The van der Waals surface area contributed by atoms with Crippen LogP contribution in [-0.4, -0.2) is 10.5 Å². The van der Waals surface area contributed by atoms with Crippen LogP contribution < -0.4 is 10.1 Å². The molecule has 0 atom stereocenters. The maximum absolute atomic E-state index is 13.5. The average molecular weight is 272 g/mol. The summed E-state index contributed by atoms with van der Waals surface area (Å²) in [5.74, 6) is 1.66. The molecule has 0 saturated heterocycles. The predicted octanol–water partition coefficient (Wildman–Crippen LogP) is 4.29. The Kier molecular flexibility index (Phi) is 3.08. The van der Waals surface area contributed by atoms with E-state index in [1.165, 1.54) is 6.07 Å². The Morgan fingerprint density at radius 3 is 2.65 bits per heavy atom. The van der Waals surface area contributed by atoms with Gasteiger partial charge in [0.15, 0.2) is 0 Å². The number of aryl methyl sites for hydroxylation is 1. The van der Waals surface area contributed by atoms with E-state index in [9.17, 15) is 4.39 Å². The van der Waals surface area contributed by atoms with E-state index in [-0.39, 0.29) is 11.4 Å². The number of nitrogens with one attached hydrogen (secondary N) is 1. The summed E-state index contributed by atoms with van der Waals surface area (Å²) in [6.45, 7) is 3.89. The minimum absolute atomic E-state index is 0.168. The van der Waals surface area contributed by atoms with E-state index < -0.39 is 0 Å². The standard InChI is InChI=1S/C16H17FN2O/c1-11-3-4-12(9-14(11)17)20-13-5-8-18-15(10-13)19-16(2)6-7-16/h3-5,8-10H,6-7H2,1-2H3,(H,18,19). The zero-order valence-corrected chi connectivity index (χ0v) is 11.6. The Bertz CT molecular complexity index is 638. The van der Waals surface area contributed by atoms with Gasteiger partial charge in [0.05, 0.1) is 0 Å². The Balaban J connectivity index is 1.76. The second-order valence-corrected chi connectivity index (χ2v) is 5.58. The molecule has 0 radical (unpaired) electrons. The van der Waals surface area contributed by atoms with Crippen molar-refractivity contribution < 1.29 is 9.13 Å². The van der Waals surface area contributed by atoms with Crippen molar-refractivity contribution in [1.82, 2.24) is 4.98 Å². The molecule has 1 aliphatic carbocycles. The first-order valence-corrected chi connectivity index (χ1v) is 6.72. The van der Waals surface area contributed by atoms with Crippen molar-refractivity contribution in [2.45, 2.75) is 32.2 Å². The van der Waals surface area contributed by atoms with Gasteiger partial charge in [0.1, 0.15) is 23.1 Å². The fourth-order valence-corrected chi connectivity index (χ4v) is 1.94. The average Bonchev–Trinajstić information content (AvgIpc) is 3.12. The lowest BCUT2D eigenvalue weighted by atomic mass is 10.2. The minimum Gasteiger partial charge on any atom is -0.457 e. The smallest absolute Gasteiger partial charge is 0.132 e. The van der Waals surface area contributed by atoms with Crippen LogP contribution in [0.3, 0.4) is 0 Å². The maximum Gasteiger partial charge on any atom is 0.132 e. The largest absolute Gasteiger partial charge is 0.457 e. The monoisotopic (exact) mass is 272 g/mol. The molecule has 3 nitrogen and oxygen atoms in total. The topological polar surface area (TPSA) is 34.1 Å². The molecule has 104 valence electrons. The Labute approximate surface area is 117 Å². The van der Waals surface area contributed by atoms with E-state index in [4.69, 9.17) is 4.74 Å². The summed E-state index contributed by atoms with van der Waals surface area (Å²) in [6, 6.07) is 8.45. The van der Waals surface area contributed by atoms with Gasteiger partial charge in [-0.15, -0.1) is 0 Å². The van der Waals surface area contributed by atoms with Gasteiger partial charge in [0.2, 0.25) is 0 Å². The first-order valence-electron chi connectivity index (χ1n) is 6.72. The SMILES string of the molecule is Cc1ccc(Oc2ccnc(NC3(C)CC3)c2)cc1F. The zero-order valence-electron chi connectivity index (χ0n) is 11.6. The van der Waals surface area contributed by atoms with Gasteiger partial charge in [0, 0.05) is 23.9 Å². The van der Waals surface area contributed by atoms with Crippen LogP contribution in [-0.2, 0) is 0 Å². The van der Waals surface area contributed by atoms with Crippen molar-refractivity contribution in [2.24, 2.45) is 0 Å². The molecule has 0 bridgehead atoms. The summed E-state index contributed by atoms with van der Waals surface area (Å²) in [7, 11) is 0. The summed E-state index contributed by atoms with van der Waals surface area (Å²) < 4.78 is 19.2. The molecule has 0 unspecified atom stereocenters. The summed E-state index contributed by atoms with van der Waals surface area (Å²) in [5.41, 5.74) is 0.776. The summed E-state index contributed by atoms with van der Waals surface area (Å²) in [5, 5.41) is 3.37. The molecule has 20 heavy (non-hydrogen) atoms. The van der Waals surface area contributed by atoms with Crippen molar-refractivity contribution >= 4 is 5.82 Å². The van der Waals surface area contributed by atoms with Crippen molar-refractivity contribution in [3.8, 4) is 11.5 Å². The first-order chi connectivity index (χ1) is 9.54. The van der Waals surface area contributed by atoms with Crippen molar-refractivity contribution in [2.75, 3.05) is 5.32 Å². The van der Waals surface area contributed by atoms with Crippen LogP contribution in [0, 0.1) is 12.7 Å². The third kappa shape index (κ3) is 2.90. The number of hydrogen-bond acceptors (Lipinski definition) is 3. The van der Waals surface area contributed by atoms with Crippen molar-refractivity contribution in [3.05, 3.63) is 47.9 Å². The summed E-state index contributed by atoms with van der Waals surface area (Å²) >= 11 is 0. The minimum atomic E-state index is -0.264. The van der Waals surface area contributed by atoms with Gasteiger partial charge in [-0.3, -0.25) is 0 Å². The maximum atomic E-state index is 13.5. The van der Waals surface area contributed by atoms with Gasteiger partial charge in [-0.1, -0.05) is 6.07 Å². The number of anilines is 1. The Hall–Kier alpha value is -2.10. The fraction of sp³-hybridized carbons (Fsp3) is 0.312. The number of nitrogens with zero attached hydrogens (tertiary/aromatic N) is 1. The van der Waals surface area contributed by atoms with Crippen LogP contribution in [0.4, 0.5) is 10.2 Å². The Morgan fingerprint density at radius 2 is 1.95 bits per heavy atom. The molecule has 3 rings (SSSR count). The fourth-order valence-electron chi connectivity index (χ4n) is 1.94. The van der Waals surface area contributed by atoms with E-state index in [0.29, 0.717) is 17.1 Å². The molecule has 2 aromatic rings. The lowest BCUT2D eigenvalue weighted by Crippen LogP contribution is -2.16. The van der Waals surface area contributed by atoms with Crippen LogP contribution in [0.2, 0.25) is 0 Å². The molecular formula is C16H17FN2O. The van der Waals surface area contributed by atoms with Gasteiger partial charge in [-0.25, -0.2) is 9.37 Å². The van der Waals surface area contributed by atoms with Gasteiger partial charge < -0.3 is 10.1 Å². The quantitative estimate of drug-likeness (QED) is 0.901. The van der Waals surface area contributed by atoms with Crippen LogP contribution in [0.5, 0.6) is 11.5 Å². The van der Waals surface area contributed by atoms with Crippen molar-refractivity contribution in [1.29, 1.82) is 0 Å². The molecule has 0 spiro atoms. The highest BCUT2D eigenvalue weighted by Crippen LogP contribution is 2.38. The number of pyridine rings is 1. The number of aromatic nitrogens is 1. The number of halogens is 1. The summed E-state index contributed by atoms with van der Waals surface area (Å²) in [6.07, 6.45) is 4.00. The van der Waals surface area contributed by atoms with Gasteiger partial charge in [-0.2, -0.15) is 0 Å². The number of rotatable bonds is 4. The van der Waals surface area contributed by atoms with Crippen LogP contribution in [0.15, 0.2) is 36.5 Å². The molecule has 1 fully saturated rings. The van der Waals surface area contributed by atoms with E-state index in [2.05, 4.69) is 17.2 Å². The molecule has 1 saturated carbocycles. The van der Waals surface area contributed by atoms with Gasteiger partial charge in [0.25, 0.3) is 0 Å². The van der Waals surface area contributed by atoms with Crippen molar-refractivity contribution in [3.63, 3.8) is 0 Å². The van der Waals surface area contributed by atoms with Crippen LogP contribution in [0.1, 0.15) is 25.3 Å². The molecule has 4 heteroatoms. The molecule has 1 heterocycles. The van der Waals surface area contributed by atoms with E-state index >= 15 is 0 Å². The molecule has 0 aliphatic heterocycles. The number of ether oxygens (including phenoxy) is 1. The second kappa shape index (κ2) is 4.78. The highest BCUT2D eigenvalue weighted by molar-refractivity contribution is 5.45. The number of benzene rings is 1. The van der Waals surface area contributed by atoms with Crippen LogP contribution in [0.25, 0.3) is 0 Å². The van der Waals surface area contributed by atoms with Crippen LogP contribution >= 0.6 is 0 Å². The molecule has 1 aliphatic rings. The van der Waals surface area contributed by atoms with E-state index in [0.717, 1.165) is 18.7 Å². The Morgan fingerprint density at radius 1 is 1.20 bits per heavy atom. The molecule has 1 aromatic carbocycles. The van der Waals surface area contributed by atoms with E-state index in [1.54, 1.807) is 31.3 Å². The highest BCUT2D eigenvalue weighted by atomic mass is 19.1. The molecule has 0 amide bonds. The molecule has 1 aromatic heterocycles. The molecule has 1 N–H and O–H groups in total. The third-order valence-corrected chi connectivity index (χ3v) is 3.54. The predicted molar refractivity (Wildman–Crippen MR) is 76.7 cm³/mol. The van der Waals surface area contributed by atoms with Gasteiger partial charge >= 0.3 is 0 Å². The van der Waals surface area contributed by atoms with E-state index in [1.807, 2.05) is 6.07 Å². The zero-order chi connectivity index (χ0) is 14.2. The summed E-state index contributed by atoms with van der Waals surface area (Å²) in [4.78, 5) is 4.27. The number of hydrogen-bond donors (Lipinski definition) is 1. The first kappa shape index (κ1) is 12.9.